The fourth-order valence-electron chi connectivity index (χ4n) is 2.35. The third kappa shape index (κ3) is 4.33. The van der Waals surface area contributed by atoms with Crippen LogP contribution in [0.4, 0.5) is 5.69 Å². The van der Waals surface area contributed by atoms with E-state index in [1.54, 1.807) is 0 Å². The van der Waals surface area contributed by atoms with Crippen molar-refractivity contribution in [2.75, 3.05) is 11.9 Å². The summed E-state index contributed by atoms with van der Waals surface area (Å²) in [4.78, 5) is 12.1. The number of hydrogen-bond acceptors (Lipinski definition) is 3. The van der Waals surface area contributed by atoms with Gasteiger partial charge in [-0.25, -0.2) is 0 Å². The van der Waals surface area contributed by atoms with E-state index in [-0.39, 0.29) is 18.1 Å². The maximum atomic E-state index is 12.1. The van der Waals surface area contributed by atoms with Gasteiger partial charge in [-0.1, -0.05) is 18.2 Å². The number of ether oxygens (including phenoxy) is 1. The molecule has 4 nitrogen and oxygen atoms in total. The highest BCUT2D eigenvalue weighted by Crippen LogP contribution is 2.14. The first-order valence-corrected chi connectivity index (χ1v) is 6.88. The van der Waals surface area contributed by atoms with E-state index in [9.17, 15) is 4.79 Å². The van der Waals surface area contributed by atoms with E-state index in [0.717, 1.165) is 25.1 Å². The molecule has 2 N–H and O–H groups in total. The quantitative estimate of drug-likeness (QED) is 0.874. The molecule has 2 rings (SSSR count). The molecule has 1 amide bonds. The highest BCUT2D eigenvalue weighted by atomic mass is 16.5. The normalized spacial score (nSPS) is 24.7. The Bertz CT molecular complexity index is 408. The highest BCUT2D eigenvalue weighted by molar-refractivity contribution is 5.94. The second kappa shape index (κ2) is 6.68. The molecule has 0 radical (unpaired) electrons. The molecule has 1 aromatic carbocycles. The van der Waals surface area contributed by atoms with Crippen LogP contribution in [0, 0.1) is 0 Å². The summed E-state index contributed by atoms with van der Waals surface area (Å²) in [6.45, 7) is 4.74. The molecule has 0 aromatic heterocycles. The SMILES string of the molecule is CC1CC(NC(C)C(=O)Nc2ccccc2)CCO1. The molecular weight excluding hydrogens is 240 g/mol. The lowest BCUT2D eigenvalue weighted by atomic mass is 10.0. The molecule has 19 heavy (non-hydrogen) atoms. The summed E-state index contributed by atoms with van der Waals surface area (Å²) in [5, 5.41) is 6.29. The molecule has 0 spiro atoms. The van der Waals surface area contributed by atoms with E-state index in [4.69, 9.17) is 4.74 Å². The Morgan fingerprint density at radius 3 is 2.79 bits per heavy atom. The standard InChI is InChI=1S/C15H22N2O2/c1-11-10-14(8-9-19-11)16-12(2)15(18)17-13-6-4-3-5-7-13/h3-7,11-12,14,16H,8-10H2,1-2H3,(H,17,18). The summed E-state index contributed by atoms with van der Waals surface area (Å²) < 4.78 is 5.51. The van der Waals surface area contributed by atoms with Crippen LogP contribution in [-0.2, 0) is 9.53 Å². The van der Waals surface area contributed by atoms with Gasteiger partial charge in [0.15, 0.2) is 0 Å². The van der Waals surface area contributed by atoms with E-state index < -0.39 is 0 Å². The molecular formula is C15H22N2O2. The van der Waals surface area contributed by atoms with Crippen LogP contribution in [0.5, 0.6) is 0 Å². The molecule has 1 fully saturated rings. The van der Waals surface area contributed by atoms with Crippen LogP contribution < -0.4 is 10.6 Å². The zero-order chi connectivity index (χ0) is 13.7. The Morgan fingerprint density at radius 2 is 2.11 bits per heavy atom. The highest BCUT2D eigenvalue weighted by Gasteiger charge is 2.23. The van der Waals surface area contributed by atoms with Crippen molar-refractivity contribution >= 4 is 11.6 Å². The third-order valence-electron chi connectivity index (χ3n) is 3.41. The Balaban J connectivity index is 1.82. The van der Waals surface area contributed by atoms with Crippen LogP contribution in [0.25, 0.3) is 0 Å². The fourth-order valence-corrected chi connectivity index (χ4v) is 2.35. The smallest absolute Gasteiger partial charge is 0.241 e. The number of para-hydroxylation sites is 1. The summed E-state index contributed by atoms with van der Waals surface area (Å²) >= 11 is 0. The zero-order valence-corrected chi connectivity index (χ0v) is 11.6. The summed E-state index contributed by atoms with van der Waals surface area (Å²) in [6, 6.07) is 9.70. The van der Waals surface area contributed by atoms with Crippen molar-refractivity contribution in [1.82, 2.24) is 5.32 Å². The van der Waals surface area contributed by atoms with E-state index in [1.807, 2.05) is 37.3 Å². The van der Waals surface area contributed by atoms with Crippen molar-refractivity contribution in [1.29, 1.82) is 0 Å². The Labute approximate surface area is 114 Å². The number of nitrogens with one attached hydrogen (secondary N) is 2. The molecule has 4 heteroatoms. The molecule has 0 bridgehead atoms. The van der Waals surface area contributed by atoms with Crippen molar-refractivity contribution in [2.24, 2.45) is 0 Å². The van der Waals surface area contributed by atoms with Gasteiger partial charge in [0, 0.05) is 18.3 Å². The Kier molecular flexibility index (Phi) is 4.93. The van der Waals surface area contributed by atoms with E-state index in [1.165, 1.54) is 0 Å². The van der Waals surface area contributed by atoms with Gasteiger partial charge in [-0.05, 0) is 38.8 Å². The topological polar surface area (TPSA) is 50.4 Å². The first-order chi connectivity index (χ1) is 9.15. The summed E-state index contributed by atoms with van der Waals surface area (Å²) in [5.41, 5.74) is 0.835. The van der Waals surface area contributed by atoms with Gasteiger partial charge < -0.3 is 15.4 Å². The van der Waals surface area contributed by atoms with Gasteiger partial charge in [-0.3, -0.25) is 4.79 Å². The minimum absolute atomic E-state index is 0.00495. The average molecular weight is 262 g/mol. The van der Waals surface area contributed by atoms with Gasteiger partial charge in [0.1, 0.15) is 0 Å². The van der Waals surface area contributed by atoms with Gasteiger partial charge in [-0.15, -0.1) is 0 Å². The summed E-state index contributed by atoms with van der Waals surface area (Å²) in [5.74, 6) is 0.00495. The molecule has 0 saturated carbocycles. The van der Waals surface area contributed by atoms with Crippen molar-refractivity contribution in [3.05, 3.63) is 30.3 Å². The van der Waals surface area contributed by atoms with Gasteiger partial charge in [0.25, 0.3) is 0 Å². The molecule has 1 aliphatic rings. The molecule has 3 unspecified atom stereocenters. The number of carbonyl (C=O) groups is 1. The molecule has 0 aliphatic carbocycles. The van der Waals surface area contributed by atoms with Crippen molar-refractivity contribution in [3.8, 4) is 0 Å². The molecule has 1 aromatic rings. The van der Waals surface area contributed by atoms with Crippen molar-refractivity contribution in [3.63, 3.8) is 0 Å². The van der Waals surface area contributed by atoms with Gasteiger partial charge >= 0.3 is 0 Å². The predicted molar refractivity (Wildman–Crippen MR) is 76.1 cm³/mol. The van der Waals surface area contributed by atoms with Gasteiger partial charge in [0.05, 0.1) is 12.1 Å². The van der Waals surface area contributed by atoms with Crippen LogP contribution in [-0.4, -0.2) is 30.7 Å². The third-order valence-corrected chi connectivity index (χ3v) is 3.41. The fraction of sp³-hybridized carbons (Fsp3) is 0.533. The van der Waals surface area contributed by atoms with Gasteiger partial charge in [-0.2, -0.15) is 0 Å². The van der Waals surface area contributed by atoms with Crippen molar-refractivity contribution < 1.29 is 9.53 Å². The maximum Gasteiger partial charge on any atom is 0.241 e. The summed E-state index contributed by atoms with van der Waals surface area (Å²) in [7, 11) is 0. The van der Waals surface area contributed by atoms with E-state index in [0.29, 0.717) is 6.04 Å². The maximum absolute atomic E-state index is 12.1. The molecule has 3 atom stereocenters. The predicted octanol–water partition coefficient (Wildman–Crippen LogP) is 2.17. The van der Waals surface area contributed by atoms with Crippen LogP contribution in [0.15, 0.2) is 30.3 Å². The first-order valence-electron chi connectivity index (χ1n) is 6.88. The molecule has 1 heterocycles. The lowest BCUT2D eigenvalue weighted by molar-refractivity contribution is -0.118. The zero-order valence-electron chi connectivity index (χ0n) is 11.6. The number of benzene rings is 1. The lowest BCUT2D eigenvalue weighted by Gasteiger charge is -2.30. The van der Waals surface area contributed by atoms with Crippen LogP contribution in [0.3, 0.4) is 0 Å². The van der Waals surface area contributed by atoms with Crippen LogP contribution in [0.1, 0.15) is 26.7 Å². The van der Waals surface area contributed by atoms with E-state index >= 15 is 0 Å². The van der Waals surface area contributed by atoms with Crippen LogP contribution >= 0.6 is 0 Å². The number of anilines is 1. The average Bonchev–Trinajstić information content (AvgIpc) is 2.40. The van der Waals surface area contributed by atoms with Crippen LogP contribution in [0.2, 0.25) is 0 Å². The largest absolute Gasteiger partial charge is 0.378 e. The summed E-state index contributed by atoms with van der Waals surface area (Å²) in [6.07, 6.45) is 2.20. The second-order valence-electron chi connectivity index (χ2n) is 5.15. The van der Waals surface area contributed by atoms with Gasteiger partial charge in [0.2, 0.25) is 5.91 Å². The molecule has 1 aliphatic heterocycles. The monoisotopic (exact) mass is 262 g/mol. The first kappa shape index (κ1) is 14.0. The minimum atomic E-state index is -0.199. The number of rotatable bonds is 4. The van der Waals surface area contributed by atoms with Crippen molar-refractivity contribution in [2.45, 2.75) is 44.9 Å². The molecule has 104 valence electrons. The number of amides is 1. The Hall–Kier alpha value is -1.39. The second-order valence-corrected chi connectivity index (χ2v) is 5.15. The number of hydrogen-bond donors (Lipinski definition) is 2. The Morgan fingerprint density at radius 1 is 1.37 bits per heavy atom. The number of carbonyl (C=O) groups excluding carboxylic acids is 1. The molecule has 1 saturated heterocycles. The van der Waals surface area contributed by atoms with E-state index in [2.05, 4.69) is 17.6 Å². The minimum Gasteiger partial charge on any atom is -0.378 e. The lowest BCUT2D eigenvalue weighted by Crippen LogP contribution is -2.47.